The Morgan fingerprint density at radius 3 is 2.90 bits per heavy atom. The van der Waals surface area contributed by atoms with Crippen LogP contribution in [0, 0.1) is 6.92 Å². The number of imidazole rings is 1. The van der Waals surface area contributed by atoms with Crippen molar-refractivity contribution in [3.05, 3.63) is 52.6 Å². The summed E-state index contributed by atoms with van der Waals surface area (Å²) in [6.45, 7) is 4.24. The Morgan fingerprint density at radius 2 is 2.30 bits per heavy atom. The number of carbonyl (C=O) groups excluding carboxylic acids is 1. The van der Waals surface area contributed by atoms with Crippen LogP contribution in [-0.2, 0) is 6.54 Å². The van der Waals surface area contributed by atoms with E-state index < -0.39 is 0 Å². The summed E-state index contributed by atoms with van der Waals surface area (Å²) in [7, 11) is 0. The fourth-order valence-electron chi connectivity index (χ4n) is 1.90. The van der Waals surface area contributed by atoms with E-state index in [2.05, 4.69) is 10.3 Å². The summed E-state index contributed by atoms with van der Waals surface area (Å²) in [5.41, 5.74) is -0.235. The highest BCUT2D eigenvalue weighted by atomic mass is 16.3. The number of aromatic nitrogens is 2. The third-order valence-electron chi connectivity index (χ3n) is 2.93. The van der Waals surface area contributed by atoms with Gasteiger partial charge in [0, 0.05) is 37.1 Å². The summed E-state index contributed by atoms with van der Waals surface area (Å²) in [6.07, 6.45) is 5.98. The Kier molecular flexibility index (Phi) is 4.34. The molecule has 0 radical (unpaired) electrons. The molecule has 1 amide bonds. The summed E-state index contributed by atoms with van der Waals surface area (Å²) >= 11 is 0. The summed E-state index contributed by atoms with van der Waals surface area (Å²) in [5.74, 6) is 0.0853. The first-order valence-electron chi connectivity index (χ1n) is 6.47. The van der Waals surface area contributed by atoms with Crippen LogP contribution in [0.2, 0.25) is 0 Å². The molecule has 0 saturated heterocycles. The molecule has 0 saturated carbocycles. The average Bonchev–Trinajstić information content (AvgIpc) is 2.89. The van der Waals surface area contributed by atoms with Gasteiger partial charge >= 0.3 is 0 Å². The molecule has 6 nitrogen and oxygen atoms in total. The monoisotopic (exact) mass is 275 g/mol. The van der Waals surface area contributed by atoms with Gasteiger partial charge in [-0.2, -0.15) is 0 Å². The van der Waals surface area contributed by atoms with Crippen LogP contribution in [0.5, 0.6) is 0 Å². The van der Waals surface area contributed by atoms with Crippen molar-refractivity contribution in [1.82, 2.24) is 14.9 Å². The number of aryl methyl sites for hydroxylation is 1. The van der Waals surface area contributed by atoms with Crippen LogP contribution in [0.3, 0.4) is 0 Å². The predicted octanol–water partition coefficient (Wildman–Crippen LogP) is 1.35. The van der Waals surface area contributed by atoms with E-state index in [0.717, 1.165) is 6.42 Å². The van der Waals surface area contributed by atoms with Gasteiger partial charge < -0.3 is 14.3 Å². The van der Waals surface area contributed by atoms with E-state index in [0.29, 0.717) is 12.3 Å². The van der Waals surface area contributed by atoms with Gasteiger partial charge in [-0.15, -0.1) is 0 Å². The van der Waals surface area contributed by atoms with Crippen LogP contribution < -0.4 is 10.7 Å². The van der Waals surface area contributed by atoms with Crippen LogP contribution in [0.4, 0.5) is 0 Å². The molecule has 0 aliphatic rings. The first-order chi connectivity index (χ1) is 9.58. The molecule has 1 N–H and O–H groups in total. The molecule has 2 heterocycles. The number of hydrogen-bond acceptors (Lipinski definition) is 4. The first-order valence-corrected chi connectivity index (χ1v) is 6.47. The molecular weight excluding hydrogens is 258 g/mol. The molecule has 0 bridgehead atoms. The summed E-state index contributed by atoms with van der Waals surface area (Å²) in [5, 5.41) is 2.86. The molecule has 2 aromatic rings. The van der Waals surface area contributed by atoms with E-state index in [9.17, 15) is 9.59 Å². The Bertz CT molecular complexity index is 631. The molecule has 2 rings (SSSR count). The Labute approximate surface area is 116 Å². The normalized spacial score (nSPS) is 12.1. The minimum Gasteiger partial charge on any atom is -0.456 e. The van der Waals surface area contributed by atoms with Crippen molar-refractivity contribution in [3.8, 4) is 0 Å². The predicted molar refractivity (Wildman–Crippen MR) is 73.5 cm³/mol. The van der Waals surface area contributed by atoms with E-state index >= 15 is 0 Å². The van der Waals surface area contributed by atoms with Crippen molar-refractivity contribution in [3.63, 3.8) is 0 Å². The van der Waals surface area contributed by atoms with E-state index in [1.165, 1.54) is 12.1 Å². The molecule has 6 heteroatoms. The standard InChI is InChI=1S/C14H17N3O3/c1-3-11(8-17-5-4-15-9-17)16-14(19)13-7-12(18)6-10(2)20-13/h4-7,9,11H,3,8H2,1-2H3,(H,16,19). The van der Waals surface area contributed by atoms with Crippen LogP contribution in [0.15, 0.2) is 40.1 Å². The largest absolute Gasteiger partial charge is 0.456 e. The molecule has 0 spiro atoms. The van der Waals surface area contributed by atoms with Crippen molar-refractivity contribution < 1.29 is 9.21 Å². The molecule has 0 aromatic carbocycles. The van der Waals surface area contributed by atoms with Crippen molar-refractivity contribution in [2.75, 3.05) is 0 Å². The van der Waals surface area contributed by atoms with Gasteiger partial charge in [0.2, 0.25) is 0 Å². The second-order valence-corrected chi connectivity index (χ2v) is 4.61. The van der Waals surface area contributed by atoms with Crippen molar-refractivity contribution >= 4 is 5.91 Å². The van der Waals surface area contributed by atoms with Gasteiger partial charge in [0.25, 0.3) is 5.91 Å². The van der Waals surface area contributed by atoms with Gasteiger partial charge in [-0.3, -0.25) is 9.59 Å². The van der Waals surface area contributed by atoms with Crippen LogP contribution >= 0.6 is 0 Å². The fraction of sp³-hybridized carbons (Fsp3) is 0.357. The van der Waals surface area contributed by atoms with E-state index in [4.69, 9.17) is 4.42 Å². The SMILES string of the molecule is CCC(Cn1ccnc1)NC(=O)c1cc(=O)cc(C)o1. The number of nitrogens with one attached hydrogen (secondary N) is 1. The zero-order valence-electron chi connectivity index (χ0n) is 11.5. The molecule has 20 heavy (non-hydrogen) atoms. The molecule has 1 unspecified atom stereocenters. The first kappa shape index (κ1) is 14.0. The number of amides is 1. The van der Waals surface area contributed by atoms with Gasteiger partial charge in [0.05, 0.1) is 6.33 Å². The van der Waals surface area contributed by atoms with Crippen molar-refractivity contribution in [2.45, 2.75) is 32.9 Å². The lowest BCUT2D eigenvalue weighted by Crippen LogP contribution is -2.37. The zero-order valence-corrected chi connectivity index (χ0v) is 11.5. The van der Waals surface area contributed by atoms with Crippen LogP contribution in [-0.4, -0.2) is 21.5 Å². The highest BCUT2D eigenvalue weighted by Crippen LogP contribution is 2.03. The maximum Gasteiger partial charge on any atom is 0.287 e. The molecule has 1 atom stereocenters. The highest BCUT2D eigenvalue weighted by Gasteiger charge is 2.15. The maximum absolute atomic E-state index is 12.1. The topological polar surface area (TPSA) is 77.1 Å². The fourth-order valence-corrected chi connectivity index (χ4v) is 1.90. The number of nitrogens with zero attached hydrogens (tertiary/aromatic N) is 2. The molecule has 0 aliphatic heterocycles. The van der Waals surface area contributed by atoms with Crippen molar-refractivity contribution in [2.24, 2.45) is 0 Å². The van der Waals surface area contributed by atoms with Gasteiger partial charge in [0.15, 0.2) is 11.2 Å². The lowest BCUT2D eigenvalue weighted by Gasteiger charge is -2.17. The van der Waals surface area contributed by atoms with E-state index in [1.807, 2.05) is 17.7 Å². The maximum atomic E-state index is 12.1. The molecule has 0 fully saturated rings. The highest BCUT2D eigenvalue weighted by molar-refractivity contribution is 5.91. The number of carbonyl (C=O) groups is 1. The lowest BCUT2D eigenvalue weighted by atomic mass is 10.2. The zero-order chi connectivity index (χ0) is 14.5. The minimum absolute atomic E-state index is 0.0408. The minimum atomic E-state index is -0.377. The third-order valence-corrected chi connectivity index (χ3v) is 2.93. The van der Waals surface area contributed by atoms with Gasteiger partial charge in [-0.25, -0.2) is 4.98 Å². The Hall–Kier alpha value is -2.37. The lowest BCUT2D eigenvalue weighted by molar-refractivity contribution is 0.0899. The van der Waals surface area contributed by atoms with Crippen LogP contribution in [0.25, 0.3) is 0 Å². The summed E-state index contributed by atoms with van der Waals surface area (Å²) in [4.78, 5) is 27.4. The van der Waals surface area contributed by atoms with Gasteiger partial charge in [-0.1, -0.05) is 6.92 Å². The Morgan fingerprint density at radius 1 is 1.50 bits per heavy atom. The van der Waals surface area contributed by atoms with E-state index in [1.54, 1.807) is 19.4 Å². The molecule has 106 valence electrons. The quantitative estimate of drug-likeness (QED) is 0.893. The summed E-state index contributed by atoms with van der Waals surface area (Å²) < 4.78 is 7.16. The third kappa shape index (κ3) is 3.57. The van der Waals surface area contributed by atoms with Crippen molar-refractivity contribution in [1.29, 1.82) is 0 Å². The Balaban J connectivity index is 2.06. The smallest absolute Gasteiger partial charge is 0.287 e. The second kappa shape index (κ2) is 6.18. The molecule has 0 aliphatic carbocycles. The van der Waals surface area contributed by atoms with E-state index in [-0.39, 0.29) is 23.1 Å². The van der Waals surface area contributed by atoms with Gasteiger partial charge in [-0.05, 0) is 13.3 Å². The van der Waals surface area contributed by atoms with Crippen LogP contribution in [0.1, 0.15) is 29.7 Å². The second-order valence-electron chi connectivity index (χ2n) is 4.61. The summed E-state index contributed by atoms with van der Waals surface area (Å²) in [6, 6.07) is 2.49. The average molecular weight is 275 g/mol. The van der Waals surface area contributed by atoms with Gasteiger partial charge in [0.1, 0.15) is 5.76 Å². The number of rotatable bonds is 5. The molecule has 2 aromatic heterocycles. The number of hydrogen-bond donors (Lipinski definition) is 1. The molecular formula is C14H17N3O3.